The first-order valence-corrected chi connectivity index (χ1v) is 20.3. The molecule has 5 rings (SSSR count). The highest BCUT2D eigenvalue weighted by atomic mass is 16.5. The minimum absolute atomic E-state index is 0.118. The summed E-state index contributed by atoms with van der Waals surface area (Å²) in [6.45, 7) is 16.3. The van der Waals surface area contributed by atoms with Gasteiger partial charge in [0.25, 0.3) is 0 Å². The number of nitrogens with one attached hydrogen (secondary N) is 4. The molecule has 0 unspecified atom stereocenters. The van der Waals surface area contributed by atoms with Crippen molar-refractivity contribution in [1.29, 1.82) is 0 Å². The van der Waals surface area contributed by atoms with Crippen molar-refractivity contribution in [3.8, 4) is 33.6 Å². The van der Waals surface area contributed by atoms with Gasteiger partial charge in [-0.15, -0.1) is 0 Å². The third-order valence-electron chi connectivity index (χ3n) is 11.0. The molecule has 2 aromatic carbocycles. The van der Waals surface area contributed by atoms with E-state index < -0.39 is 24.3 Å². The lowest BCUT2D eigenvalue weighted by molar-refractivity contribution is -0.140. The minimum atomic E-state index is -0.743. The Morgan fingerprint density at radius 2 is 1.28 bits per heavy atom. The Labute approximate surface area is 341 Å². The van der Waals surface area contributed by atoms with E-state index in [-0.39, 0.29) is 41.8 Å². The first-order valence-electron chi connectivity index (χ1n) is 20.3. The summed E-state index contributed by atoms with van der Waals surface area (Å²) < 4.78 is 9.59. The maximum Gasteiger partial charge on any atom is 0.407 e. The van der Waals surface area contributed by atoms with Crippen LogP contribution in [-0.4, -0.2) is 92.6 Å². The third kappa shape index (κ3) is 9.89. The molecular formula is C44H60N8O6. The number of benzene rings is 2. The number of hydrogen-bond acceptors (Lipinski definition) is 8. The van der Waals surface area contributed by atoms with Gasteiger partial charge in [0.2, 0.25) is 11.8 Å². The van der Waals surface area contributed by atoms with Crippen molar-refractivity contribution < 1.29 is 28.7 Å². The van der Waals surface area contributed by atoms with Crippen LogP contribution in [0.15, 0.2) is 60.9 Å². The molecule has 4 N–H and O–H groups in total. The second-order valence-corrected chi connectivity index (χ2v) is 16.2. The molecular weight excluding hydrogens is 737 g/mol. The van der Waals surface area contributed by atoms with E-state index in [1.165, 1.54) is 14.2 Å². The van der Waals surface area contributed by atoms with E-state index in [1.807, 2.05) is 71.7 Å². The van der Waals surface area contributed by atoms with E-state index >= 15 is 0 Å². The van der Waals surface area contributed by atoms with Gasteiger partial charge in [-0.1, -0.05) is 90.1 Å². The predicted molar refractivity (Wildman–Crippen MR) is 223 cm³/mol. The largest absolute Gasteiger partial charge is 0.453 e. The van der Waals surface area contributed by atoms with E-state index in [2.05, 4.69) is 63.9 Å². The van der Waals surface area contributed by atoms with E-state index in [0.29, 0.717) is 24.7 Å². The summed E-state index contributed by atoms with van der Waals surface area (Å²) in [5.41, 5.74) is 5.72. The SMILES string of the molecule is CC[C@@H](c1ncc(-c2ccc(-c3ccc(-c4cnc([C@@H]5C[C@H](C)CCN5C(=O)[C@@H](NC(=O)OC)C(C)C)[nH]4)cc3)cc2)[nH]1)N(C(=O)[C@@H](NC(=O)OC)C(C)C)C(C)C. The van der Waals surface area contributed by atoms with Gasteiger partial charge in [0.15, 0.2) is 0 Å². The average Bonchev–Trinajstić information content (AvgIpc) is 3.91. The number of hydrogen-bond donors (Lipinski definition) is 4. The smallest absolute Gasteiger partial charge is 0.407 e. The Morgan fingerprint density at radius 3 is 1.78 bits per heavy atom. The fourth-order valence-corrected chi connectivity index (χ4v) is 7.68. The molecule has 1 aliphatic rings. The van der Waals surface area contributed by atoms with Gasteiger partial charge in [0, 0.05) is 12.6 Å². The average molecular weight is 797 g/mol. The first kappa shape index (κ1) is 43.5. The second-order valence-electron chi connectivity index (χ2n) is 16.2. The van der Waals surface area contributed by atoms with Gasteiger partial charge in [0.05, 0.1) is 50.1 Å². The zero-order valence-corrected chi connectivity index (χ0v) is 35.5. The van der Waals surface area contributed by atoms with Gasteiger partial charge in [-0.2, -0.15) is 0 Å². The lowest BCUT2D eigenvalue weighted by Gasteiger charge is -2.40. The number of ether oxygens (including phenoxy) is 2. The van der Waals surface area contributed by atoms with Gasteiger partial charge in [-0.05, 0) is 73.1 Å². The number of amides is 4. The van der Waals surface area contributed by atoms with Crippen molar-refractivity contribution in [2.45, 2.75) is 105 Å². The quantitative estimate of drug-likeness (QED) is 0.0997. The van der Waals surface area contributed by atoms with Gasteiger partial charge in [-0.3, -0.25) is 9.59 Å². The molecule has 0 spiro atoms. The van der Waals surface area contributed by atoms with Crippen LogP contribution in [0.1, 0.15) is 98.4 Å². The van der Waals surface area contributed by atoms with E-state index in [1.54, 1.807) is 11.1 Å². The number of likely N-dealkylation sites (tertiary alicyclic amines) is 1. The minimum Gasteiger partial charge on any atom is -0.453 e. The summed E-state index contributed by atoms with van der Waals surface area (Å²) in [4.78, 5) is 71.9. The second kappa shape index (κ2) is 19.2. The number of carbonyl (C=O) groups is 4. The monoisotopic (exact) mass is 796 g/mol. The van der Waals surface area contributed by atoms with Crippen molar-refractivity contribution in [2.75, 3.05) is 20.8 Å². The van der Waals surface area contributed by atoms with Crippen LogP contribution >= 0.6 is 0 Å². The van der Waals surface area contributed by atoms with Crippen LogP contribution < -0.4 is 10.6 Å². The highest BCUT2D eigenvalue weighted by Gasteiger charge is 2.38. The van der Waals surface area contributed by atoms with Crippen LogP contribution in [-0.2, 0) is 19.1 Å². The molecule has 5 atom stereocenters. The van der Waals surface area contributed by atoms with E-state index in [0.717, 1.165) is 52.3 Å². The lowest BCUT2D eigenvalue weighted by atomic mass is 9.90. The third-order valence-corrected chi connectivity index (χ3v) is 11.0. The highest BCUT2D eigenvalue weighted by Crippen LogP contribution is 2.35. The Kier molecular flexibility index (Phi) is 14.4. The normalized spacial score (nSPS) is 17.2. The molecule has 4 aromatic rings. The predicted octanol–water partition coefficient (Wildman–Crippen LogP) is 7.88. The van der Waals surface area contributed by atoms with Crippen LogP contribution in [0.25, 0.3) is 33.6 Å². The van der Waals surface area contributed by atoms with Gasteiger partial charge < -0.3 is 39.9 Å². The number of aromatic nitrogens is 4. The summed E-state index contributed by atoms with van der Waals surface area (Å²) in [7, 11) is 2.58. The van der Waals surface area contributed by atoms with Crippen LogP contribution in [0.5, 0.6) is 0 Å². The molecule has 1 aliphatic heterocycles. The Hall–Kier alpha value is -5.66. The van der Waals surface area contributed by atoms with Crippen molar-refractivity contribution in [3.05, 3.63) is 72.6 Å². The zero-order chi connectivity index (χ0) is 42.3. The molecule has 1 saturated heterocycles. The molecule has 2 aromatic heterocycles. The molecule has 14 heteroatoms. The Bertz CT molecular complexity index is 1920. The fourth-order valence-electron chi connectivity index (χ4n) is 7.68. The molecule has 312 valence electrons. The Morgan fingerprint density at radius 1 is 0.776 bits per heavy atom. The number of aromatic amines is 2. The number of rotatable bonds is 14. The van der Waals surface area contributed by atoms with Crippen LogP contribution in [0.2, 0.25) is 0 Å². The lowest BCUT2D eigenvalue weighted by Crippen LogP contribution is -2.54. The maximum atomic E-state index is 13.9. The molecule has 0 saturated carbocycles. The van der Waals surface area contributed by atoms with Crippen LogP contribution in [0.4, 0.5) is 9.59 Å². The van der Waals surface area contributed by atoms with Gasteiger partial charge in [0.1, 0.15) is 23.7 Å². The topological polar surface area (TPSA) is 175 Å². The number of nitrogens with zero attached hydrogens (tertiary/aromatic N) is 4. The first-order chi connectivity index (χ1) is 27.7. The van der Waals surface area contributed by atoms with Crippen molar-refractivity contribution in [2.24, 2.45) is 17.8 Å². The van der Waals surface area contributed by atoms with Gasteiger partial charge in [-0.25, -0.2) is 19.6 Å². The number of alkyl carbamates (subject to hydrolysis) is 2. The molecule has 4 amide bonds. The van der Waals surface area contributed by atoms with Crippen molar-refractivity contribution in [3.63, 3.8) is 0 Å². The van der Waals surface area contributed by atoms with E-state index in [9.17, 15) is 19.2 Å². The summed E-state index contributed by atoms with van der Waals surface area (Å²) in [6.07, 6.45) is 4.60. The van der Waals surface area contributed by atoms with Gasteiger partial charge >= 0.3 is 12.2 Å². The van der Waals surface area contributed by atoms with Crippen LogP contribution in [0, 0.1) is 17.8 Å². The molecule has 14 nitrogen and oxygen atoms in total. The standard InChI is InChI=1S/C44H60N8O6/c1-11-35(52(27(6)7)42(54)38(26(4)5)50-44(56)58-10)39-45-23-33(47-39)31-16-12-29(13-17-31)30-14-18-32(19-15-30)34-24-46-40(48-34)36-22-28(8)20-21-51(36)41(53)37(25(2)3)49-43(55)57-9/h12-19,23-28,35-38H,11,20-22H2,1-10H3,(H,45,47)(H,46,48)(H,49,55)(H,50,56)/t28-,35+,36+,37+,38+/m1/s1. The molecule has 1 fully saturated rings. The Balaban J connectivity index is 1.30. The summed E-state index contributed by atoms with van der Waals surface area (Å²) in [5.74, 6) is 1.22. The van der Waals surface area contributed by atoms with Crippen molar-refractivity contribution >= 4 is 24.0 Å². The zero-order valence-electron chi connectivity index (χ0n) is 35.5. The summed E-state index contributed by atoms with van der Waals surface area (Å²) in [5, 5.41) is 5.44. The number of carbonyl (C=O) groups excluding carboxylic acids is 4. The highest BCUT2D eigenvalue weighted by molar-refractivity contribution is 5.87. The molecule has 3 heterocycles. The summed E-state index contributed by atoms with van der Waals surface area (Å²) in [6, 6.07) is 14.3. The van der Waals surface area contributed by atoms with Crippen molar-refractivity contribution in [1.82, 2.24) is 40.4 Å². The molecule has 0 radical (unpaired) electrons. The molecule has 0 aliphatic carbocycles. The number of piperidine rings is 1. The van der Waals surface area contributed by atoms with E-state index in [4.69, 9.17) is 19.4 Å². The number of imidazole rings is 2. The molecule has 58 heavy (non-hydrogen) atoms. The van der Waals surface area contributed by atoms with Crippen LogP contribution in [0.3, 0.4) is 0 Å². The summed E-state index contributed by atoms with van der Waals surface area (Å²) >= 11 is 0. The number of H-pyrrole nitrogens is 2. The fraction of sp³-hybridized carbons (Fsp3) is 0.500. The molecule has 0 bridgehead atoms. The number of methoxy groups -OCH3 is 2. The maximum absolute atomic E-state index is 13.9.